The number of H-pyrrole nitrogens is 1. The van der Waals surface area contributed by atoms with Gasteiger partial charge in [-0.2, -0.15) is 57.8 Å². The van der Waals surface area contributed by atoms with Crippen LogP contribution in [0.4, 0.5) is 64.1 Å². The summed E-state index contributed by atoms with van der Waals surface area (Å²) in [5, 5.41) is 28.0. The van der Waals surface area contributed by atoms with Crippen LogP contribution in [0.25, 0.3) is 22.0 Å². The number of anilines is 2. The summed E-state index contributed by atoms with van der Waals surface area (Å²) in [7, 11) is 0. The summed E-state index contributed by atoms with van der Waals surface area (Å²) in [6.07, 6.45) is -16.7. The van der Waals surface area contributed by atoms with Crippen LogP contribution in [0.3, 0.4) is 0 Å². The van der Waals surface area contributed by atoms with Crippen molar-refractivity contribution in [3.8, 4) is 11.1 Å². The zero-order chi connectivity index (χ0) is 40.5. The molecule has 53 heavy (non-hydrogen) atoms. The number of nitrogens with zero attached hydrogens (tertiary/aromatic N) is 4. The van der Waals surface area contributed by atoms with E-state index in [1.54, 1.807) is 24.4 Å². The van der Waals surface area contributed by atoms with Gasteiger partial charge in [0.15, 0.2) is 5.69 Å². The van der Waals surface area contributed by atoms with Gasteiger partial charge < -0.3 is 25.1 Å². The van der Waals surface area contributed by atoms with Crippen molar-refractivity contribution in [1.82, 2.24) is 15.2 Å². The van der Waals surface area contributed by atoms with Gasteiger partial charge in [0.25, 0.3) is 0 Å². The van der Waals surface area contributed by atoms with E-state index in [1.165, 1.54) is 17.4 Å². The number of carboxylic acid groups (broad SMARTS) is 3. The number of carboxylic acids is 3. The zero-order valence-electron chi connectivity index (χ0n) is 26.5. The van der Waals surface area contributed by atoms with E-state index in [9.17, 15) is 52.7 Å². The first-order valence-corrected chi connectivity index (χ1v) is 14.2. The first-order valence-electron chi connectivity index (χ1n) is 14.2. The smallest absolute Gasteiger partial charge is 0.475 e. The predicted octanol–water partition coefficient (Wildman–Crippen LogP) is 7.18. The SMILES string of the molecule is Cc1ccc(N2CCN(c3ccnc4ccc(-c5c[nH]nc5C(F)(F)F)cc34)CC2)cc1.O=C(O)C(F)(F)F.O=C(O)C(F)(F)F.O=C(O)C(F)(F)F. The van der Waals surface area contributed by atoms with E-state index in [0.29, 0.717) is 5.56 Å². The molecule has 11 nitrogen and oxygen atoms in total. The summed E-state index contributed by atoms with van der Waals surface area (Å²) in [5.41, 5.74) is 3.77. The normalized spacial score (nSPS) is 13.5. The largest absolute Gasteiger partial charge is 0.490 e. The molecule has 0 saturated carbocycles. The second-order valence-electron chi connectivity index (χ2n) is 10.4. The Morgan fingerprint density at radius 2 is 1.13 bits per heavy atom. The number of aliphatic carboxylic acids is 3. The Morgan fingerprint density at radius 1 is 0.679 bits per heavy atom. The van der Waals surface area contributed by atoms with Crippen LogP contribution < -0.4 is 9.80 Å². The maximum absolute atomic E-state index is 13.3. The molecule has 1 fully saturated rings. The number of rotatable bonds is 3. The molecule has 1 aliphatic heterocycles. The van der Waals surface area contributed by atoms with E-state index in [4.69, 9.17) is 29.7 Å². The number of carbonyl (C=O) groups is 3. The van der Waals surface area contributed by atoms with Gasteiger partial charge in [0, 0.05) is 60.9 Å². The van der Waals surface area contributed by atoms with Crippen molar-refractivity contribution >= 4 is 40.2 Å². The van der Waals surface area contributed by atoms with Crippen LogP contribution in [0.5, 0.6) is 0 Å². The van der Waals surface area contributed by atoms with Crippen molar-refractivity contribution in [1.29, 1.82) is 0 Å². The number of nitrogens with one attached hydrogen (secondary N) is 1. The predicted molar refractivity (Wildman–Crippen MR) is 161 cm³/mol. The maximum atomic E-state index is 13.3. The molecule has 4 aromatic rings. The van der Waals surface area contributed by atoms with Crippen LogP contribution in [-0.4, -0.2) is 93.1 Å². The van der Waals surface area contributed by atoms with Crippen LogP contribution in [0.2, 0.25) is 0 Å². The third-order valence-electron chi connectivity index (χ3n) is 6.69. The minimum atomic E-state index is -5.08. The molecule has 0 aliphatic carbocycles. The molecule has 4 N–H and O–H groups in total. The lowest BCUT2D eigenvalue weighted by atomic mass is 10.0. The Labute approximate surface area is 289 Å². The van der Waals surface area contributed by atoms with Crippen LogP contribution >= 0.6 is 0 Å². The third kappa shape index (κ3) is 13.1. The standard InChI is InChI=1S/C24H22F3N5.3C2HF3O2/c1-16-2-5-18(6-3-16)31-10-12-32(13-11-31)22-8-9-28-21-7-4-17(14-19(21)22)20-15-29-30-23(20)24(25,26)27;3*3-2(4,5)1(6)7/h2-9,14-15H,10-13H2,1H3,(H,29,30);3*(H,6,7). The number of fused-ring (bicyclic) bond motifs is 1. The molecule has 1 saturated heterocycles. The number of aromatic amines is 1. The molecule has 0 unspecified atom stereocenters. The van der Waals surface area contributed by atoms with Crippen LogP contribution in [-0.2, 0) is 20.6 Å². The lowest BCUT2D eigenvalue weighted by molar-refractivity contribution is -0.193. The highest BCUT2D eigenvalue weighted by Crippen LogP contribution is 2.37. The first kappa shape index (κ1) is 43.4. The molecule has 0 amide bonds. The lowest BCUT2D eigenvalue weighted by Gasteiger charge is -2.37. The Kier molecular flexibility index (Phi) is 14.1. The fourth-order valence-electron chi connectivity index (χ4n) is 4.26. The quantitative estimate of drug-likeness (QED) is 0.157. The summed E-state index contributed by atoms with van der Waals surface area (Å²) in [6, 6.07) is 15.7. The average molecular weight is 780 g/mol. The highest BCUT2D eigenvalue weighted by atomic mass is 19.4. The summed E-state index contributed by atoms with van der Waals surface area (Å²) in [6.45, 7) is 5.44. The van der Waals surface area contributed by atoms with E-state index >= 15 is 0 Å². The molecule has 23 heteroatoms. The second-order valence-corrected chi connectivity index (χ2v) is 10.4. The van der Waals surface area contributed by atoms with Gasteiger partial charge in [-0.15, -0.1) is 0 Å². The van der Waals surface area contributed by atoms with E-state index in [0.717, 1.165) is 42.8 Å². The lowest BCUT2D eigenvalue weighted by Crippen LogP contribution is -2.46. The third-order valence-corrected chi connectivity index (χ3v) is 6.69. The van der Waals surface area contributed by atoms with Gasteiger partial charge in [-0.1, -0.05) is 23.8 Å². The molecule has 0 radical (unpaired) electrons. The molecule has 0 bridgehead atoms. The average Bonchev–Trinajstić information content (AvgIpc) is 3.56. The Balaban J connectivity index is 0.000000379. The number of pyridine rings is 1. The number of aryl methyl sites for hydroxylation is 1. The number of piperazine rings is 1. The molecule has 5 rings (SSSR count). The second kappa shape index (κ2) is 17.2. The highest BCUT2D eigenvalue weighted by molar-refractivity contribution is 5.95. The topological polar surface area (TPSA) is 160 Å². The van der Waals surface area contributed by atoms with Crippen molar-refractivity contribution in [2.24, 2.45) is 0 Å². The van der Waals surface area contributed by atoms with E-state index in [1.807, 2.05) is 6.07 Å². The molecule has 2 aromatic carbocycles. The number of halogens is 12. The zero-order valence-corrected chi connectivity index (χ0v) is 26.5. The summed E-state index contributed by atoms with van der Waals surface area (Å²) in [4.78, 5) is 35.7. The van der Waals surface area contributed by atoms with Gasteiger partial charge in [0.1, 0.15) is 0 Å². The number of alkyl halides is 12. The minimum Gasteiger partial charge on any atom is -0.475 e. The maximum Gasteiger partial charge on any atom is 0.490 e. The fraction of sp³-hybridized carbons (Fsp3) is 0.300. The highest BCUT2D eigenvalue weighted by Gasteiger charge is 2.40. The van der Waals surface area contributed by atoms with E-state index in [2.05, 4.69) is 56.2 Å². The van der Waals surface area contributed by atoms with Gasteiger partial charge in [-0.25, -0.2) is 14.4 Å². The van der Waals surface area contributed by atoms with E-state index < -0.39 is 48.3 Å². The van der Waals surface area contributed by atoms with Crippen LogP contribution in [0.15, 0.2) is 60.9 Å². The molecule has 1 aliphatic rings. The summed E-state index contributed by atoms with van der Waals surface area (Å²) >= 11 is 0. The summed E-state index contributed by atoms with van der Waals surface area (Å²) in [5.74, 6) is -8.27. The molecule has 290 valence electrons. The molecule has 0 atom stereocenters. The Bertz CT molecular complexity index is 1790. The molecule has 3 heterocycles. The van der Waals surface area contributed by atoms with Crippen molar-refractivity contribution in [2.45, 2.75) is 31.6 Å². The number of aromatic nitrogens is 3. The van der Waals surface area contributed by atoms with E-state index in [-0.39, 0.29) is 5.56 Å². The number of benzene rings is 2. The van der Waals surface area contributed by atoms with Crippen LogP contribution in [0, 0.1) is 6.92 Å². The number of hydrogen-bond donors (Lipinski definition) is 4. The van der Waals surface area contributed by atoms with Gasteiger partial charge in [-0.3, -0.25) is 10.1 Å². The molecular weight excluding hydrogens is 754 g/mol. The van der Waals surface area contributed by atoms with Crippen molar-refractivity contribution in [3.63, 3.8) is 0 Å². The Morgan fingerprint density at radius 3 is 1.57 bits per heavy atom. The van der Waals surface area contributed by atoms with Gasteiger partial charge >= 0.3 is 42.6 Å². The van der Waals surface area contributed by atoms with Crippen LogP contribution in [0.1, 0.15) is 11.3 Å². The van der Waals surface area contributed by atoms with Gasteiger partial charge in [0.05, 0.1) is 5.52 Å². The monoisotopic (exact) mass is 779 g/mol. The summed E-state index contributed by atoms with van der Waals surface area (Å²) < 4.78 is 135. The van der Waals surface area contributed by atoms with Crippen molar-refractivity contribution in [2.75, 3.05) is 36.0 Å². The molecule has 2 aromatic heterocycles. The van der Waals surface area contributed by atoms with Gasteiger partial charge in [0.2, 0.25) is 0 Å². The van der Waals surface area contributed by atoms with Crippen molar-refractivity contribution < 1.29 is 82.4 Å². The van der Waals surface area contributed by atoms with Gasteiger partial charge in [-0.05, 0) is 42.8 Å². The number of hydrogen-bond acceptors (Lipinski definition) is 7. The minimum absolute atomic E-state index is 0.0402. The van der Waals surface area contributed by atoms with Crippen molar-refractivity contribution in [3.05, 3.63) is 72.2 Å². The Hall–Kier alpha value is -5.77. The fourth-order valence-corrected chi connectivity index (χ4v) is 4.26. The molecule has 0 spiro atoms. The first-order chi connectivity index (χ1) is 24.2. The molecular formula is C30H25F12N5O6.